The lowest BCUT2D eigenvalue weighted by Crippen LogP contribution is -2.60. The monoisotopic (exact) mass is 332 g/mol. The highest BCUT2D eigenvalue weighted by atomic mass is 16.6. The van der Waals surface area contributed by atoms with Gasteiger partial charge in [-0.05, 0) is 45.1 Å². The number of benzene rings is 1. The largest absolute Gasteiger partial charge is 0.444 e. The van der Waals surface area contributed by atoms with E-state index in [0.29, 0.717) is 11.8 Å². The van der Waals surface area contributed by atoms with E-state index >= 15 is 0 Å². The molecule has 0 radical (unpaired) electrons. The van der Waals surface area contributed by atoms with Gasteiger partial charge in [0, 0.05) is 19.1 Å². The van der Waals surface area contributed by atoms with Crippen LogP contribution in [0.3, 0.4) is 0 Å². The summed E-state index contributed by atoms with van der Waals surface area (Å²) in [5.41, 5.74) is 0.836. The molecule has 134 valence electrons. The van der Waals surface area contributed by atoms with Gasteiger partial charge in [0.15, 0.2) is 0 Å². The number of likely N-dealkylation sites (tertiary alicyclic amines) is 1. The van der Waals surface area contributed by atoms with E-state index in [1.165, 1.54) is 5.56 Å². The van der Waals surface area contributed by atoms with Gasteiger partial charge in [0.25, 0.3) is 0 Å². The molecule has 0 spiro atoms. The molecule has 2 rings (SSSR count). The van der Waals surface area contributed by atoms with Crippen LogP contribution in [0.2, 0.25) is 0 Å². The number of alkyl carbamates (subject to hydrolysis) is 1. The van der Waals surface area contributed by atoms with Crippen molar-refractivity contribution in [2.45, 2.75) is 65.8 Å². The lowest BCUT2D eigenvalue weighted by Gasteiger charge is -2.46. The number of ether oxygens (including phenoxy) is 1. The predicted molar refractivity (Wildman–Crippen MR) is 97.8 cm³/mol. The molecule has 1 N–H and O–H groups in total. The molecule has 0 bridgehead atoms. The molecule has 4 heteroatoms. The predicted octanol–water partition coefficient (Wildman–Crippen LogP) is 4.06. The van der Waals surface area contributed by atoms with Crippen molar-refractivity contribution in [2.24, 2.45) is 11.8 Å². The van der Waals surface area contributed by atoms with E-state index in [2.05, 4.69) is 55.3 Å². The van der Waals surface area contributed by atoms with Crippen LogP contribution in [0, 0.1) is 11.8 Å². The lowest BCUT2D eigenvalue weighted by atomic mass is 9.80. The average molecular weight is 332 g/mol. The van der Waals surface area contributed by atoms with Crippen molar-refractivity contribution in [1.29, 1.82) is 0 Å². The summed E-state index contributed by atoms with van der Waals surface area (Å²) in [4.78, 5) is 14.7. The normalized spacial score (nSPS) is 28.4. The number of nitrogens with zero attached hydrogens (tertiary/aromatic N) is 1. The maximum Gasteiger partial charge on any atom is 0.407 e. The molecular weight excluding hydrogens is 300 g/mol. The fourth-order valence-corrected chi connectivity index (χ4v) is 3.44. The topological polar surface area (TPSA) is 41.6 Å². The van der Waals surface area contributed by atoms with Gasteiger partial charge in [-0.15, -0.1) is 0 Å². The minimum absolute atomic E-state index is 0.0901. The van der Waals surface area contributed by atoms with Crippen molar-refractivity contribution in [1.82, 2.24) is 10.2 Å². The van der Waals surface area contributed by atoms with Gasteiger partial charge in [-0.25, -0.2) is 4.79 Å². The molecule has 0 unspecified atom stereocenters. The minimum atomic E-state index is -0.472. The van der Waals surface area contributed by atoms with E-state index < -0.39 is 5.60 Å². The summed E-state index contributed by atoms with van der Waals surface area (Å²) in [5.74, 6) is 0.935. The van der Waals surface area contributed by atoms with Gasteiger partial charge in [0.1, 0.15) is 5.60 Å². The number of rotatable bonds is 3. The highest BCUT2D eigenvalue weighted by Crippen LogP contribution is 2.29. The van der Waals surface area contributed by atoms with E-state index in [1.807, 2.05) is 26.8 Å². The van der Waals surface area contributed by atoms with Crippen LogP contribution in [0.15, 0.2) is 30.3 Å². The molecule has 1 aliphatic rings. The Morgan fingerprint density at radius 3 is 2.42 bits per heavy atom. The molecule has 1 aliphatic heterocycles. The van der Waals surface area contributed by atoms with Crippen LogP contribution in [-0.4, -0.2) is 35.2 Å². The highest BCUT2D eigenvalue weighted by Gasteiger charge is 2.38. The minimum Gasteiger partial charge on any atom is -0.444 e. The lowest BCUT2D eigenvalue weighted by molar-refractivity contribution is 0.0197. The summed E-state index contributed by atoms with van der Waals surface area (Å²) in [7, 11) is 0. The third kappa shape index (κ3) is 4.97. The fourth-order valence-electron chi connectivity index (χ4n) is 3.44. The van der Waals surface area contributed by atoms with Gasteiger partial charge in [0.05, 0.1) is 6.04 Å². The van der Waals surface area contributed by atoms with Crippen molar-refractivity contribution in [2.75, 3.05) is 6.54 Å². The number of carbonyl (C=O) groups is 1. The average Bonchev–Trinajstić information content (AvgIpc) is 2.48. The quantitative estimate of drug-likeness (QED) is 0.907. The SMILES string of the molecule is C[C@H]1[C@H](NC(=O)OC(C)(C)C)[C@@H](C)N(Cc2ccccc2)C[C@H]1C. The first-order valence-electron chi connectivity index (χ1n) is 8.95. The molecular formula is C20H32N2O2. The molecule has 4 atom stereocenters. The molecule has 0 aromatic heterocycles. The first-order chi connectivity index (χ1) is 11.2. The molecule has 1 heterocycles. The van der Waals surface area contributed by atoms with Gasteiger partial charge < -0.3 is 10.1 Å². The molecule has 4 nitrogen and oxygen atoms in total. The van der Waals surface area contributed by atoms with E-state index in [0.717, 1.165) is 13.1 Å². The zero-order valence-corrected chi connectivity index (χ0v) is 15.9. The van der Waals surface area contributed by atoms with Crippen LogP contribution in [0.4, 0.5) is 4.79 Å². The van der Waals surface area contributed by atoms with Crippen molar-refractivity contribution in [3.05, 3.63) is 35.9 Å². The Morgan fingerprint density at radius 1 is 1.21 bits per heavy atom. The molecule has 1 aromatic rings. The first-order valence-corrected chi connectivity index (χ1v) is 8.95. The molecule has 1 amide bonds. The standard InChI is InChI=1S/C20H32N2O2/c1-14-12-22(13-17-10-8-7-9-11-17)16(3)18(15(14)2)21-19(23)24-20(4,5)6/h7-11,14-16,18H,12-13H2,1-6H3,(H,21,23)/t14-,15-,16-,18+/m1/s1. The van der Waals surface area contributed by atoms with E-state index in [1.54, 1.807) is 0 Å². The zero-order valence-electron chi connectivity index (χ0n) is 15.9. The second kappa shape index (κ2) is 7.56. The molecule has 1 saturated heterocycles. The Bertz CT molecular complexity index is 538. The van der Waals surface area contributed by atoms with Gasteiger partial charge in [0.2, 0.25) is 0 Å². The van der Waals surface area contributed by atoms with Crippen molar-refractivity contribution in [3.8, 4) is 0 Å². The van der Waals surface area contributed by atoms with Gasteiger partial charge in [-0.2, -0.15) is 0 Å². The maximum atomic E-state index is 12.2. The van der Waals surface area contributed by atoms with Crippen LogP contribution in [0.1, 0.15) is 47.1 Å². The van der Waals surface area contributed by atoms with Crippen LogP contribution in [-0.2, 0) is 11.3 Å². The molecule has 24 heavy (non-hydrogen) atoms. The molecule has 0 aliphatic carbocycles. The molecule has 1 fully saturated rings. The summed E-state index contributed by atoms with van der Waals surface area (Å²) in [5, 5.41) is 3.12. The number of carbonyl (C=O) groups excluding carboxylic acids is 1. The molecule has 1 aromatic carbocycles. The van der Waals surface area contributed by atoms with Crippen LogP contribution < -0.4 is 5.32 Å². The Labute approximate surface area is 146 Å². The second-order valence-electron chi connectivity index (χ2n) is 8.16. The van der Waals surface area contributed by atoms with Gasteiger partial charge in [-0.3, -0.25) is 4.90 Å². The van der Waals surface area contributed by atoms with E-state index in [4.69, 9.17) is 4.74 Å². The summed E-state index contributed by atoms with van der Waals surface area (Å²) >= 11 is 0. The van der Waals surface area contributed by atoms with E-state index in [-0.39, 0.29) is 18.2 Å². The van der Waals surface area contributed by atoms with Gasteiger partial charge >= 0.3 is 6.09 Å². The Morgan fingerprint density at radius 2 is 1.83 bits per heavy atom. The first kappa shape index (κ1) is 18.8. The summed E-state index contributed by atoms with van der Waals surface area (Å²) in [6.07, 6.45) is -0.319. The summed E-state index contributed by atoms with van der Waals surface area (Å²) in [6.45, 7) is 14.3. The highest BCUT2D eigenvalue weighted by molar-refractivity contribution is 5.68. The smallest absolute Gasteiger partial charge is 0.407 e. The number of piperidine rings is 1. The van der Waals surface area contributed by atoms with Crippen molar-refractivity contribution < 1.29 is 9.53 Å². The third-order valence-corrected chi connectivity index (χ3v) is 4.99. The fraction of sp³-hybridized carbons (Fsp3) is 0.650. The molecule has 0 saturated carbocycles. The van der Waals surface area contributed by atoms with Crippen LogP contribution in [0.5, 0.6) is 0 Å². The number of amides is 1. The van der Waals surface area contributed by atoms with Crippen molar-refractivity contribution >= 4 is 6.09 Å². The Balaban J connectivity index is 2.07. The Hall–Kier alpha value is -1.55. The Kier molecular flexibility index (Phi) is 5.92. The third-order valence-electron chi connectivity index (χ3n) is 4.99. The number of hydrogen-bond acceptors (Lipinski definition) is 3. The van der Waals surface area contributed by atoms with Crippen LogP contribution in [0.25, 0.3) is 0 Å². The zero-order chi connectivity index (χ0) is 17.9. The van der Waals surface area contributed by atoms with Gasteiger partial charge in [-0.1, -0.05) is 44.2 Å². The second-order valence-corrected chi connectivity index (χ2v) is 8.16. The van der Waals surface area contributed by atoms with Crippen molar-refractivity contribution in [3.63, 3.8) is 0 Å². The number of nitrogens with one attached hydrogen (secondary N) is 1. The number of hydrogen-bond donors (Lipinski definition) is 1. The summed E-state index contributed by atoms with van der Waals surface area (Å²) in [6, 6.07) is 10.9. The van der Waals surface area contributed by atoms with E-state index in [9.17, 15) is 4.79 Å². The maximum absolute atomic E-state index is 12.2. The van der Waals surface area contributed by atoms with Crippen LogP contribution >= 0.6 is 0 Å². The summed E-state index contributed by atoms with van der Waals surface area (Å²) < 4.78 is 5.46.